The zero-order chi connectivity index (χ0) is 13.9. The monoisotopic (exact) mass is 279 g/mol. The van der Waals surface area contributed by atoms with Crippen molar-refractivity contribution >= 4 is 15.5 Å². The Kier molecular flexibility index (Phi) is 3.90. The van der Waals surface area contributed by atoms with E-state index >= 15 is 0 Å². The third-order valence-electron chi connectivity index (χ3n) is 2.77. The van der Waals surface area contributed by atoms with E-state index in [4.69, 9.17) is 0 Å². The van der Waals surface area contributed by atoms with Gasteiger partial charge in [-0.2, -0.15) is 5.10 Å². The molecule has 102 valence electrons. The Bertz CT molecular complexity index is 662. The largest absolute Gasteiger partial charge is 0.384 e. The predicted octanol–water partition coefficient (Wildman–Crippen LogP) is 1.48. The van der Waals surface area contributed by atoms with Crippen molar-refractivity contribution in [1.82, 2.24) is 9.78 Å². The first-order valence-corrected chi connectivity index (χ1v) is 7.86. The second kappa shape index (κ2) is 5.44. The van der Waals surface area contributed by atoms with Crippen molar-refractivity contribution in [2.45, 2.75) is 11.3 Å². The Morgan fingerprint density at radius 3 is 2.68 bits per heavy atom. The molecule has 0 fully saturated rings. The summed E-state index contributed by atoms with van der Waals surface area (Å²) in [5.74, 6) is 0. The number of nitrogens with one attached hydrogen (secondary N) is 1. The van der Waals surface area contributed by atoms with Crippen molar-refractivity contribution in [2.24, 2.45) is 7.05 Å². The lowest BCUT2D eigenvalue weighted by Gasteiger charge is -2.10. The van der Waals surface area contributed by atoms with Gasteiger partial charge in [0, 0.05) is 26.0 Å². The van der Waals surface area contributed by atoms with Crippen molar-refractivity contribution < 1.29 is 8.42 Å². The standard InChI is InChI=1S/C13H17N3O2S/c1-16-10-11(9-15-16)7-8-14-12-5-3-4-6-13(12)19(2,17)18/h3-6,9-10,14H,7-8H2,1-2H3. The Balaban J connectivity index is 2.04. The van der Waals surface area contributed by atoms with Crippen LogP contribution in [0, 0.1) is 0 Å². The summed E-state index contributed by atoms with van der Waals surface area (Å²) in [6, 6.07) is 6.94. The molecule has 0 amide bonds. The molecule has 0 aliphatic heterocycles. The maximum Gasteiger partial charge on any atom is 0.177 e. The van der Waals surface area contributed by atoms with Gasteiger partial charge in [0.15, 0.2) is 9.84 Å². The van der Waals surface area contributed by atoms with Gasteiger partial charge in [-0.05, 0) is 24.1 Å². The fourth-order valence-electron chi connectivity index (χ4n) is 1.88. The van der Waals surface area contributed by atoms with E-state index in [9.17, 15) is 8.42 Å². The quantitative estimate of drug-likeness (QED) is 0.900. The van der Waals surface area contributed by atoms with E-state index in [0.717, 1.165) is 12.0 Å². The molecule has 0 radical (unpaired) electrons. The van der Waals surface area contributed by atoms with Crippen LogP contribution in [0.25, 0.3) is 0 Å². The minimum absolute atomic E-state index is 0.334. The highest BCUT2D eigenvalue weighted by Crippen LogP contribution is 2.20. The molecule has 0 spiro atoms. The molecule has 6 heteroatoms. The number of hydrogen-bond acceptors (Lipinski definition) is 4. The fraction of sp³-hybridized carbons (Fsp3) is 0.308. The lowest BCUT2D eigenvalue weighted by Crippen LogP contribution is -2.09. The molecule has 2 rings (SSSR count). The van der Waals surface area contributed by atoms with Crippen molar-refractivity contribution in [3.8, 4) is 0 Å². The van der Waals surface area contributed by atoms with Crippen LogP contribution in [0.1, 0.15) is 5.56 Å². The third kappa shape index (κ3) is 3.57. The van der Waals surface area contributed by atoms with Crippen LogP contribution in [-0.2, 0) is 23.3 Å². The third-order valence-corrected chi connectivity index (χ3v) is 3.93. The van der Waals surface area contributed by atoms with Crippen LogP contribution in [-0.4, -0.2) is 31.0 Å². The van der Waals surface area contributed by atoms with Gasteiger partial charge in [0.05, 0.1) is 16.8 Å². The number of benzene rings is 1. The minimum Gasteiger partial charge on any atom is -0.384 e. The van der Waals surface area contributed by atoms with Crippen molar-refractivity contribution in [3.05, 3.63) is 42.2 Å². The van der Waals surface area contributed by atoms with Crippen molar-refractivity contribution in [2.75, 3.05) is 18.1 Å². The summed E-state index contributed by atoms with van der Waals surface area (Å²) in [5.41, 5.74) is 1.76. The van der Waals surface area contributed by atoms with E-state index in [1.807, 2.05) is 25.5 Å². The summed E-state index contributed by atoms with van der Waals surface area (Å²) in [5, 5.41) is 7.25. The highest BCUT2D eigenvalue weighted by atomic mass is 32.2. The van der Waals surface area contributed by atoms with Gasteiger partial charge in [-0.15, -0.1) is 0 Å². The van der Waals surface area contributed by atoms with Gasteiger partial charge in [-0.25, -0.2) is 8.42 Å². The summed E-state index contributed by atoms with van der Waals surface area (Å²) >= 11 is 0. The zero-order valence-electron chi connectivity index (χ0n) is 11.0. The van der Waals surface area contributed by atoms with E-state index in [-0.39, 0.29) is 0 Å². The maximum atomic E-state index is 11.6. The Hall–Kier alpha value is -1.82. The van der Waals surface area contributed by atoms with Crippen LogP contribution in [0.4, 0.5) is 5.69 Å². The first-order valence-electron chi connectivity index (χ1n) is 5.97. The molecule has 1 N–H and O–H groups in total. The number of hydrogen-bond donors (Lipinski definition) is 1. The smallest absolute Gasteiger partial charge is 0.177 e. The number of aromatic nitrogens is 2. The topological polar surface area (TPSA) is 64.0 Å². The van der Waals surface area contributed by atoms with Gasteiger partial charge in [-0.3, -0.25) is 4.68 Å². The highest BCUT2D eigenvalue weighted by Gasteiger charge is 2.11. The van der Waals surface area contributed by atoms with Crippen molar-refractivity contribution in [1.29, 1.82) is 0 Å². The average molecular weight is 279 g/mol. The molecule has 0 atom stereocenters. The summed E-state index contributed by atoms with van der Waals surface area (Å²) in [6.45, 7) is 0.665. The van der Waals surface area contributed by atoms with Crippen LogP contribution in [0.2, 0.25) is 0 Å². The molecule has 0 saturated heterocycles. The number of rotatable bonds is 5. The van der Waals surface area contributed by atoms with Crippen LogP contribution in [0.5, 0.6) is 0 Å². The van der Waals surface area contributed by atoms with E-state index < -0.39 is 9.84 Å². The normalized spacial score (nSPS) is 11.5. The first kappa shape index (κ1) is 13.6. The van der Waals surface area contributed by atoms with E-state index in [2.05, 4.69) is 10.4 Å². The number of nitrogens with zero attached hydrogens (tertiary/aromatic N) is 2. The zero-order valence-corrected chi connectivity index (χ0v) is 11.8. The van der Waals surface area contributed by atoms with Gasteiger partial charge >= 0.3 is 0 Å². The summed E-state index contributed by atoms with van der Waals surface area (Å²) in [7, 11) is -1.33. The SMILES string of the molecule is Cn1cc(CCNc2ccccc2S(C)(=O)=O)cn1. The molecule has 5 nitrogen and oxygen atoms in total. The highest BCUT2D eigenvalue weighted by molar-refractivity contribution is 7.90. The molecular weight excluding hydrogens is 262 g/mol. The van der Waals surface area contributed by atoms with E-state index in [0.29, 0.717) is 17.1 Å². The molecule has 1 heterocycles. The molecule has 0 bridgehead atoms. The van der Waals surface area contributed by atoms with Gasteiger partial charge in [0.1, 0.15) is 0 Å². The van der Waals surface area contributed by atoms with Gasteiger partial charge < -0.3 is 5.32 Å². The molecule has 0 saturated carbocycles. The average Bonchev–Trinajstić information content (AvgIpc) is 2.74. The molecule has 19 heavy (non-hydrogen) atoms. The molecule has 2 aromatic rings. The second-order valence-corrected chi connectivity index (χ2v) is 6.45. The summed E-state index contributed by atoms with van der Waals surface area (Å²) in [4.78, 5) is 0.334. The number of para-hydroxylation sites is 1. The molecule has 1 aromatic heterocycles. The van der Waals surface area contributed by atoms with Crippen LogP contribution in [0.3, 0.4) is 0 Å². The number of anilines is 1. The van der Waals surface area contributed by atoms with Crippen LogP contribution < -0.4 is 5.32 Å². The fourth-order valence-corrected chi connectivity index (χ4v) is 2.74. The predicted molar refractivity (Wildman–Crippen MR) is 75.0 cm³/mol. The van der Waals surface area contributed by atoms with Crippen LogP contribution >= 0.6 is 0 Å². The molecule has 0 unspecified atom stereocenters. The second-order valence-electron chi connectivity index (χ2n) is 4.47. The lowest BCUT2D eigenvalue weighted by molar-refractivity contribution is 0.602. The minimum atomic E-state index is -3.20. The maximum absolute atomic E-state index is 11.6. The summed E-state index contributed by atoms with van der Waals surface area (Å²) < 4.78 is 25.0. The van der Waals surface area contributed by atoms with E-state index in [1.165, 1.54) is 6.26 Å². The molecular formula is C13H17N3O2S. The van der Waals surface area contributed by atoms with Gasteiger partial charge in [0.2, 0.25) is 0 Å². The van der Waals surface area contributed by atoms with Crippen LogP contribution in [0.15, 0.2) is 41.6 Å². The number of aryl methyl sites for hydroxylation is 1. The Morgan fingerprint density at radius 1 is 1.32 bits per heavy atom. The molecule has 1 aromatic carbocycles. The molecule has 0 aliphatic rings. The Labute approximate surface area is 113 Å². The lowest BCUT2D eigenvalue weighted by atomic mass is 10.2. The first-order chi connectivity index (χ1) is 8.97. The van der Waals surface area contributed by atoms with Gasteiger partial charge in [0.25, 0.3) is 0 Å². The van der Waals surface area contributed by atoms with Crippen molar-refractivity contribution in [3.63, 3.8) is 0 Å². The van der Waals surface area contributed by atoms with Gasteiger partial charge in [-0.1, -0.05) is 12.1 Å². The van der Waals surface area contributed by atoms with E-state index in [1.54, 1.807) is 22.9 Å². The number of sulfone groups is 1. The molecule has 0 aliphatic carbocycles. The summed E-state index contributed by atoms with van der Waals surface area (Å²) in [6.07, 6.45) is 5.77. The Morgan fingerprint density at radius 2 is 2.05 bits per heavy atom.